The largest absolute Gasteiger partial charge is 0.480 e. The summed E-state index contributed by atoms with van der Waals surface area (Å²) in [5, 5.41) is 14.8. The minimum absolute atomic E-state index is 0.0218. The summed E-state index contributed by atoms with van der Waals surface area (Å²) >= 11 is 0. The summed E-state index contributed by atoms with van der Waals surface area (Å²) in [5.74, 6) is -0.793. The number of carboxylic acid groups (broad SMARTS) is 1. The van der Waals surface area contributed by atoms with Crippen LogP contribution in [0.2, 0.25) is 0 Å². The zero-order valence-electron chi connectivity index (χ0n) is 12.3. The SMILES string of the molecule is CCN(CC(=O)O)C1CC(NC(=O)NC2(C)CCC2)C1. The van der Waals surface area contributed by atoms with Crippen molar-refractivity contribution in [3.05, 3.63) is 0 Å². The first-order valence-corrected chi connectivity index (χ1v) is 7.46. The highest BCUT2D eigenvalue weighted by atomic mass is 16.4. The quantitative estimate of drug-likeness (QED) is 0.683. The molecule has 0 aliphatic heterocycles. The predicted molar refractivity (Wildman–Crippen MR) is 75.6 cm³/mol. The molecular weight excluding hydrogens is 258 g/mol. The maximum Gasteiger partial charge on any atom is 0.317 e. The van der Waals surface area contributed by atoms with Gasteiger partial charge in [0.2, 0.25) is 0 Å². The maximum absolute atomic E-state index is 11.8. The summed E-state index contributed by atoms with van der Waals surface area (Å²) < 4.78 is 0. The number of likely N-dealkylation sites (N-methyl/N-ethyl adjacent to an activating group) is 1. The van der Waals surface area contributed by atoms with E-state index in [-0.39, 0.29) is 30.2 Å². The Bertz CT molecular complexity index is 376. The number of hydrogen-bond donors (Lipinski definition) is 3. The van der Waals surface area contributed by atoms with Gasteiger partial charge < -0.3 is 15.7 Å². The molecule has 2 aliphatic carbocycles. The molecule has 0 radical (unpaired) electrons. The highest BCUT2D eigenvalue weighted by Crippen LogP contribution is 2.31. The van der Waals surface area contributed by atoms with Gasteiger partial charge in [-0.1, -0.05) is 6.92 Å². The van der Waals surface area contributed by atoms with E-state index in [0.717, 1.165) is 32.2 Å². The van der Waals surface area contributed by atoms with Crippen LogP contribution >= 0.6 is 0 Å². The molecule has 2 aliphatic rings. The molecule has 2 saturated carbocycles. The molecule has 3 N–H and O–H groups in total. The van der Waals surface area contributed by atoms with Gasteiger partial charge in [0.05, 0.1) is 6.54 Å². The second kappa shape index (κ2) is 5.99. The van der Waals surface area contributed by atoms with Gasteiger partial charge in [-0.3, -0.25) is 9.69 Å². The van der Waals surface area contributed by atoms with E-state index in [0.29, 0.717) is 0 Å². The molecule has 0 bridgehead atoms. The van der Waals surface area contributed by atoms with Crippen molar-refractivity contribution in [1.82, 2.24) is 15.5 Å². The van der Waals surface area contributed by atoms with E-state index in [1.165, 1.54) is 6.42 Å². The first-order chi connectivity index (χ1) is 9.42. The third-order valence-corrected chi connectivity index (χ3v) is 4.58. The number of urea groups is 1. The standard InChI is InChI=1S/C14H25N3O3/c1-3-17(9-12(18)19)11-7-10(8-11)15-13(20)16-14(2)5-4-6-14/h10-11H,3-9H2,1-2H3,(H,18,19)(H2,15,16,20). The zero-order valence-corrected chi connectivity index (χ0v) is 12.3. The Morgan fingerprint density at radius 1 is 1.35 bits per heavy atom. The molecule has 0 aromatic carbocycles. The topological polar surface area (TPSA) is 81.7 Å². The number of aliphatic carboxylic acids is 1. The van der Waals surface area contributed by atoms with Crippen LogP contribution in [-0.2, 0) is 4.79 Å². The lowest BCUT2D eigenvalue weighted by molar-refractivity contribution is -0.139. The average molecular weight is 283 g/mol. The van der Waals surface area contributed by atoms with Crippen molar-refractivity contribution in [2.75, 3.05) is 13.1 Å². The normalized spacial score (nSPS) is 27.4. The van der Waals surface area contributed by atoms with E-state index >= 15 is 0 Å². The minimum Gasteiger partial charge on any atom is -0.480 e. The molecule has 2 amide bonds. The highest BCUT2D eigenvalue weighted by molar-refractivity contribution is 5.75. The lowest BCUT2D eigenvalue weighted by Gasteiger charge is -2.44. The summed E-state index contributed by atoms with van der Waals surface area (Å²) in [4.78, 5) is 24.5. The van der Waals surface area contributed by atoms with Gasteiger partial charge in [-0.2, -0.15) is 0 Å². The Morgan fingerprint density at radius 3 is 2.45 bits per heavy atom. The monoisotopic (exact) mass is 283 g/mol. The van der Waals surface area contributed by atoms with Gasteiger partial charge in [0.25, 0.3) is 0 Å². The molecule has 114 valence electrons. The van der Waals surface area contributed by atoms with E-state index in [1.54, 1.807) is 0 Å². The minimum atomic E-state index is -0.793. The van der Waals surface area contributed by atoms with Crippen LogP contribution in [0.1, 0.15) is 46.0 Å². The van der Waals surface area contributed by atoms with Gasteiger partial charge in [-0.15, -0.1) is 0 Å². The Labute approximate surface area is 119 Å². The smallest absolute Gasteiger partial charge is 0.317 e. The molecule has 0 spiro atoms. The van der Waals surface area contributed by atoms with Crippen molar-refractivity contribution >= 4 is 12.0 Å². The third-order valence-electron chi connectivity index (χ3n) is 4.58. The Hall–Kier alpha value is -1.30. The van der Waals surface area contributed by atoms with Crippen molar-refractivity contribution in [1.29, 1.82) is 0 Å². The average Bonchev–Trinajstić information content (AvgIpc) is 2.28. The molecule has 0 aromatic rings. The second-order valence-corrected chi connectivity index (χ2v) is 6.29. The number of carbonyl (C=O) groups is 2. The van der Waals surface area contributed by atoms with Gasteiger partial charge in [0, 0.05) is 17.6 Å². The van der Waals surface area contributed by atoms with Crippen molar-refractivity contribution in [3.8, 4) is 0 Å². The summed E-state index contributed by atoms with van der Waals surface area (Å²) in [6, 6.07) is 0.365. The van der Waals surface area contributed by atoms with Gasteiger partial charge in [0.1, 0.15) is 0 Å². The fourth-order valence-electron chi connectivity index (χ4n) is 3.00. The van der Waals surface area contributed by atoms with Crippen LogP contribution in [0.5, 0.6) is 0 Å². The molecule has 0 unspecified atom stereocenters. The number of carbonyl (C=O) groups excluding carboxylic acids is 1. The first-order valence-electron chi connectivity index (χ1n) is 7.46. The molecular formula is C14H25N3O3. The van der Waals surface area contributed by atoms with Crippen LogP contribution in [-0.4, -0.2) is 52.7 Å². The zero-order chi connectivity index (χ0) is 14.8. The summed E-state index contributed by atoms with van der Waals surface area (Å²) in [5.41, 5.74) is -0.0218. The summed E-state index contributed by atoms with van der Waals surface area (Å²) in [6.45, 7) is 4.85. The number of carboxylic acids is 1. The lowest BCUT2D eigenvalue weighted by Crippen LogP contribution is -2.60. The summed E-state index contributed by atoms with van der Waals surface area (Å²) in [7, 11) is 0. The highest BCUT2D eigenvalue weighted by Gasteiger charge is 2.37. The van der Waals surface area contributed by atoms with Crippen molar-refractivity contribution < 1.29 is 14.7 Å². The molecule has 0 aromatic heterocycles. The molecule has 0 atom stereocenters. The Morgan fingerprint density at radius 2 is 2.00 bits per heavy atom. The van der Waals surface area contributed by atoms with Crippen LogP contribution in [0.25, 0.3) is 0 Å². The molecule has 2 fully saturated rings. The third kappa shape index (κ3) is 3.62. The van der Waals surface area contributed by atoms with Gasteiger partial charge in [0.15, 0.2) is 0 Å². The van der Waals surface area contributed by atoms with Gasteiger partial charge >= 0.3 is 12.0 Å². The van der Waals surface area contributed by atoms with Crippen LogP contribution in [0, 0.1) is 0 Å². The number of amides is 2. The lowest BCUT2D eigenvalue weighted by atomic mass is 9.78. The van der Waals surface area contributed by atoms with Crippen LogP contribution in [0.3, 0.4) is 0 Å². The molecule has 2 rings (SSSR count). The molecule has 6 heteroatoms. The van der Waals surface area contributed by atoms with Gasteiger partial charge in [-0.25, -0.2) is 4.79 Å². The number of nitrogens with zero attached hydrogens (tertiary/aromatic N) is 1. The fourth-order valence-corrected chi connectivity index (χ4v) is 3.00. The number of nitrogens with one attached hydrogen (secondary N) is 2. The number of hydrogen-bond acceptors (Lipinski definition) is 3. The van der Waals surface area contributed by atoms with E-state index in [2.05, 4.69) is 17.6 Å². The Balaban J connectivity index is 1.68. The van der Waals surface area contributed by atoms with E-state index in [9.17, 15) is 9.59 Å². The van der Waals surface area contributed by atoms with E-state index in [4.69, 9.17) is 5.11 Å². The van der Waals surface area contributed by atoms with Crippen LogP contribution in [0.15, 0.2) is 0 Å². The summed E-state index contributed by atoms with van der Waals surface area (Å²) in [6.07, 6.45) is 4.96. The fraction of sp³-hybridized carbons (Fsp3) is 0.857. The first kappa shape index (κ1) is 15.1. The van der Waals surface area contributed by atoms with E-state index < -0.39 is 5.97 Å². The second-order valence-electron chi connectivity index (χ2n) is 6.29. The van der Waals surface area contributed by atoms with Crippen molar-refractivity contribution in [3.63, 3.8) is 0 Å². The molecule has 0 heterocycles. The van der Waals surface area contributed by atoms with Gasteiger partial charge in [-0.05, 0) is 45.6 Å². The molecule has 6 nitrogen and oxygen atoms in total. The Kier molecular flexibility index (Phi) is 4.52. The van der Waals surface area contributed by atoms with Crippen molar-refractivity contribution in [2.24, 2.45) is 0 Å². The van der Waals surface area contributed by atoms with Crippen LogP contribution < -0.4 is 10.6 Å². The number of rotatable bonds is 6. The van der Waals surface area contributed by atoms with Crippen LogP contribution in [0.4, 0.5) is 4.79 Å². The predicted octanol–water partition coefficient (Wildman–Crippen LogP) is 1.17. The van der Waals surface area contributed by atoms with Crippen molar-refractivity contribution in [2.45, 2.75) is 63.6 Å². The molecule has 20 heavy (non-hydrogen) atoms. The molecule has 0 saturated heterocycles. The van der Waals surface area contributed by atoms with E-state index in [1.807, 2.05) is 11.8 Å². The maximum atomic E-state index is 11.8.